The van der Waals surface area contributed by atoms with Crippen molar-refractivity contribution in [1.29, 1.82) is 0 Å². The maximum absolute atomic E-state index is 14.5. The van der Waals surface area contributed by atoms with Crippen LogP contribution in [0.3, 0.4) is 0 Å². The van der Waals surface area contributed by atoms with Crippen LogP contribution < -0.4 is 0 Å². The summed E-state index contributed by atoms with van der Waals surface area (Å²) in [5.74, 6) is -2.75. The smallest absolute Gasteiger partial charge is 0.312 e. The van der Waals surface area contributed by atoms with Gasteiger partial charge in [-0.3, -0.25) is 14.4 Å². The molecule has 220 valence electrons. The first-order valence-corrected chi connectivity index (χ1v) is 15.0. The van der Waals surface area contributed by atoms with Gasteiger partial charge in [-0.2, -0.15) is 0 Å². The van der Waals surface area contributed by atoms with Crippen LogP contribution in [0.2, 0.25) is 0 Å². The van der Waals surface area contributed by atoms with E-state index in [4.69, 9.17) is 9.47 Å². The molecule has 3 unspecified atom stereocenters. The number of likely N-dealkylation sites (tertiary alicyclic amines) is 1. The van der Waals surface area contributed by atoms with Crippen LogP contribution in [-0.2, 0) is 30.5 Å². The first kappa shape index (κ1) is 29.4. The average Bonchev–Trinajstić information content (AvgIpc) is 3.68. The predicted molar refractivity (Wildman–Crippen MR) is 154 cm³/mol. The number of carbonyl (C=O) groups excluding carboxylic acids is 3. The highest BCUT2D eigenvalue weighted by atomic mass is 79.9. The van der Waals surface area contributed by atoms with Gasteiger partial charge in [-0.05, 0) is 44.2 Å². The standard InChI is InChI=1S/C29H36BrN5O6/c1-3-5-10-16-40-28(39)22-23-26(37)34(14-8-9-15-36)25(29(23)17-19(30)24(22)41-29)27(38)33(13-4-2)18-35-21-12-7-6-11-20(21)31-32-35/h3-4,6-7,11-12,19,22-25,36H,1-2,5,8-10,13-18H2/t19?,22-,23+,24-,25?,29?/m1/s1. The van der Waals surface area contributed by atoms with Crippen LogP contribution >= 0.6 is 15.9 Å². The molecule has 2 aromatic rings. The minimum Gasteiger partial charge on any atom is -0.465 e. The Kier molecular flexibility index (Phi) is 8.91. The first-order chi connectivity index (χ1) is 19.9. The molecule has 6 atom stereocenters. The molecule has 5 rings (SSSR count). The molecular weight excluding hydrogens is 594 g/mol. The van der Waals surface area contributed by atoms with E-state index in [1.54, 1.807) is 26.6 Å². The lowest BCUT2D eigenvalue weighted by molar-refractivity contribution is -0.155. The number of amides is 2. The number of ether oxygens (including phenoxy) is 2. The summed E-state index contributed by atoms with van der Waals surface area (Å²) >= 11 is 3.68. The second-order valence-electron chi connectivity index (χ2n) is 10.8. The summed E-state index contributed by atoms with van der Waals surface area (Å²) in [5, 5.41) is 17.9. The van der Waals surface area contributed by atoms with E-state index in [1.165, 1.54) is 0 Å². The molecule has 3 saturated heterocycles. The minimum atomic E-state index is -1.19. The maximum Gasteiger partial charge on any atom is 0.312 e. The number of hydrogen-bond acceptors (Lipinski definition) is 8. The van der Waals surface area contributed by atoms with Gasteiger partial charge in [0.1, 0.15) is 23.8 Å². The molecule has 1 N–H and O–H groups in total. The van der Waals surface area contributed by atoms with Crippen molar-refractivity contribution >= 4 is 44.7 Å². The van der Waals surface area contributed by atoms with Gasteiger partial charge in [-0.1, -0.05) is 45.4 Å². The Balaban J connectivity index is 1.47. The molecule has 2 amide bonds. The summed E-state index contributed by atoms with van der Waals surface area (Å²) < 4.78 is 13.8. The Bertz CT molecular complexity index is 1320. The highest BCUT2D eigenvalue weighted by Gasteiger charge is 2.77. The molecule has 1 aromatic carbocycles. The quantitative estimate of drug-likeness (QED) is 0.146. The number of hydrogen-bond donors (Lipinski definition) is 1. The van der Waals surface area contributed by atoms with Gasteiger partial charge in [-0.15, -0.1) is 18.3 Å². The lowest BCUT2D eigenvalue weighted by atomic mass is 9.70. The van der Waals surface area contributed by atoms with Crippen LogP contribution in [0.5, 0.6) is 0 Å². The predicted octanol–water partition coefficient (Wildman–Crippen LogP) is 2.43. The van der Waals surface area contributed by atoms with E-state index in [0.717, 1.165) is 5.52 Å². The van der Waals surface area contributed by atoms with Gasteiger partial charge < -0.3 is 24.4 Å². The molecule has 3 aliphatic rings. The number of aliphatic hydroxyl groups is 1. The number of fused-ring (bicyclic) bond motifs is 2. The number of halogens is 1. The topological polar surface area (TPSA) is 127 Å². The average molecular weight is 631 g/mol. The van der Waals surface area contributed by atoms with E-state index in [-0.39, 0.29) is 49.6 Å². The Morgan fingerprint density at radius 1 is 1.24 bits per heavy atom. The molecule has 1 spiro atoms. The number of alkyl halides is 1. The van der Waals surface area contributed by atoms with Gasteiger partial charge in [0.25, 0.3) is 0 Å². The first-order valence-electron chi connectivity index (χ1n) is 14.1. The number of allylic oxidation sites excluding steroid dienone is 1. The SMILES string of the molecule is C=CCCCOC(=O)[C@H]1[C@@H]2OC3(CC2Br)C(C(=O)N(CC=C)Cn2nnc4ccccc42)N(CCCCO)C(=O)[C@H]13. The molecule has 2 bridgehead atoms. The van der Waals surface area contributed by atoms with Gasteiger partial charge in [-0.25, -0.2) is 4.68 Å². The van der Waals surface area contributed by atoms with Crippen molar-refractivity contribution in [3.8, 4) is 0 Å². The van der Waals surface area contributed by atoms with Gasteiger partial charge in [0, 0.05) is 24.5 Å². The summed E-state index contributed by atoms with van der Waals surface area (Å²) in [7, 11) is 0. The molecule has 1 aromatic heterocycles. The van der Waals surface area contributed by atoms with Crippen molar-refractivity contribution < 1.29 is 29.0 Å². The summed E-state index contributed by atoms with van der Waals surface area (Å²) in [6.45, 7) is 8.28. The molecule has 0 saturated carbocycles. The normalized spacial score (nSPS) is 28.2. The molecule has 0 aliphatic carbocycles. The third-order valence-corrected chi connectivity index (χ3v) is 9.13. The number of aromatic nitrogens is 3. The van der Waals surface area contributed by atoms with Gasteiger partial charge in [0.15, 0.2) is 0 Å². The largest absolute Gasteiger partial charge is 0.465 e. The lowest BCUT2D eigenvalue weighted by Crippen LogP contribution is -2.57. The van der Waals surface area contributed by atoms with Crippen molar-refractivity contribution in [2.24, 2.45) is 11.8 Å². The van der Waals surface area contributed by atoms with E-state index in [1.807, 2.05) is 24.3 Å². The van der Waals surface area contributed by atoms with Gasteiger partial charge in [0.05, 0.1) is 30.1 Å². The van der Waals surface area contributed by atoms with Gasteiger partial charge in [0.2, 0.25) is 11.8 Å². The van der Waals surface area contributed by atoms with Crippen molar-refractivity contribution in [2.45, 2.75) is 61.3 Å². The Labute approximate surface area is 247 Å². The molecular formula is C29H36BrN5O6. The number of rotatable bonds is 14. The fourth-order valence-electron chi connectivity index (χ4n) is 6.54. The van der Waals surface area contributed by atoms with E-state index in [2.05, 4.69) is 39.4 Å². The fourth-order valence-corrected chi connectivity index (χ4v) is 7.48. The monoisotopic (exact) mass is 629 g/mol. The second kappa shape index (κ2) is 12.4. The Hall–Kier alpha value is -3.09. The van der Waals surface area contributed by atoms with Crippen molar-refractivity contribution in [2.75, 3.05) is 26.3 Å². The number of aliphatic hydroxyl groups excluding tert-OH is 1. The van der Waals surface area contributed by atoms with Crippen molar-refractivity contribution in [3.05, 3.63) is 49.6 Å². The number of carbonyl (C=O) groups is 3. The van der Waals surface area contributed by atoms with E-state index in [0.29, 0.717) is 37.6 Å². The molecule has 41 heavy (non-hydrogen) atoms. The maximum atomic E-state index is 14.5. The van der Waals surface area contributed by atoms with Crippen LogP contribution in [0.25, 0.3) is 11.0 Å². The zero-order valence-electron chi connectivity index (χ0n) is 22.9. The second-order valence-corrected chi connectivity index (χ2v) is 12.0. The molecule has 3 aliphatic heterocycles. The number of unbranched alkanes of at least 4 members (excludes halogenated alkanes) is 2. The van der Waals surface area contributed by atoms with Crippen molar-refractivity contribution in [1.82, 2.24) is 24.8 Å². The number of nitrogens with zero attached hydrogens (tertiary/aromatic N) is 5. The highest BCUT2D eigenvalue weighted by Crippen LogP contribution is 2.60. The number of esters is 1. The molecule has 3 fully saturated rings. The summed E-state index contributed by atoms with van der Waals surface area (Å²) in [6.07, 6.45) is 5.52. The van der Waals surface area contributed by atoms with Crippen LogP contribution in [0.15, 0.2) is 49.6 Å². The Morgan fingerprint density at radius 3 is 2.80 bits per heavy atom. The molecule has 11 nitrogen and oxygen atoms in total. The number of benzene rings is 1. The zero-order valence-corrected chi connectivity index (χ0v) is 24.5. The molecule has 0 radical (unpaired) electrons. The lowest BCUT2D eigenvalue weighted by Gasteiger charge is -2.37. The molecule has 12 heteroatoms. The van der Waals surface area contributed by atoms with Crippen LogP contribution in [0, 0.1) is 11.8 Å². The third-order valence-electron chi connectivity index (χ3n) is 8.29. The van der Waals surface area contributed by atoms with E-state index in [9.17, 15) is 19.5 Å². The number of para-hydroxylation sites is 1. The van der Waals surface area contributed by atoms with Crippen LogP contribution in [-0.4, -0.2) is 96.6 Å². The van der Waals surface area contributed by atoms with E-state index >= 15 is 0 Å². The van der Waals surface area contributed by atoms with E-state index < -0.39 is 35.6 Å². The Morgan fingerprint density at radius 2 is 2.05 bits per heavy atom. The third kappa shape index (κ3) is 5.21. The van der Waals surface area contributed by atoms with Crippen LogP contribution in [0.1, 0.15) is 32.1 Å². The highest BCUT2D eigenvalue weighted by molar-refractivity contribution is 9.09. The molecule has 4 heterocycles. The summed E-state index contributed by atoms with van der Waals surface area (Å²) in [6, 6.07) is 6.51. The fraction of sp³-hybridized carbons (Fsp3) is 0.552. The summed E-state index contributed by atoms with van der Waals surface area (Å²) in [4.78, 5) is 44.9. The summed E-state index contributed by atoms with van der Waals surface area (Å²) in [5.41, 5.74) is 0.277. The minimum absolute atomic E-state index is 0.0289. The van der Waals surface area contributed by atoms with Crippen LogP contribution in [0.4, 0.5) is 0 Å². The van der Waals surface area contributed by atoms with Gasteiger partial charge >= 0.3 is 5.97 Å². The van der Waals surface area contributed by atoms with Crippen molar-refractivity contribution in [3.63, 3.8) is 0 Å². The zero-order chi connectivity index (χ0) is 29.1.